The van der Waals surface area contributed by atoms with Crippen LogP contribution < -0.4 is 0 Å². The summed E-state index contributed by atoms with van der Waals surface area (Å²) in [6.45, 7) is 5.17. The van der Waals surface area contributed by atoms with Crippen LogP contribution in [0.5, 0.6) is 0 Å². The fourth-order valence-electron chi connectivity index (χ4n) is 2.41. The van der Waals surface area contributed by atoms with Crippen LogP contribution in [-0.4, -0.2) is 31.3 Å². The molecule has 0 saturated heterocycles. The minimum atomic E-state index is 0.321. The van der Waals surface area contributed by atoms with Crippen LogP contribution in [0.15, 0.2) is 0 Å². The first-order valence-corrected chi connectivity index (χ1v) is 5.58. The third-order valence-electron chi connectivity index (χ3n) is 3.13. The van der Waals surface area contributed by atoms with Crippen LogP contribution in [0.2, 0.25) is 0 Å². The second kappa shape index (κ2) is 4.43. The molecule has 0 aromatic carbocycles. The van der Waals surface area contributed by atoms with Gasteiger partial charge in [-0.05, 0) is 38.8 Å². The lowest BCUT2D eigenvalue weighted by Gasteiger charge is -2.34. The van der Waals surface area contributed by atoms with Gasteiger partial charge in [-0.2, -0.15) is 0 Å². The lowest BCUT2D eigenvalue weighted by atomic mass is 9.71. The van der Waals surface area contributed by atoms with E-state index >= 15 is 0 Å². The summed E-state index contributed by atoms with van der Waals surface area (Å²) in [7, 11) is 3.93. The van der Waals surface area contributed by atoms with E-state index in [1.54, 1.807) is 0 Å². The molecule has 2 heteroatoms. The van der Waals surface area contributed by atoms with Crippen LogP contribution in [0.4, 0.5) is 0 Å². The lowest BCUT2D eigenvalue weighted by molar-refractivity contribution is -0.125. The van der Waals surface area contributed by atoms with Gasteiger partial charge in [0, 0.05) is 5.92 Å². The summed E-state index contributed by atoms with van der Waals surface area (Å²) in [6.07, 6.45) is 4.69. The zero-order valence-corrected chi connectivity index (χ0v) is 9.97. The van der Waals surface area contributed by atoms with E-state index in [1.807, 2.05) is 19.0 Å². The molecule has 0 radical (unpaired) electrons. The molecule has 0 amide bonds. The van der Waals surface area contributed by atoms with Crippen LogP contribution in [0.3, 0.4) is 0 Å². The van der Waals surface area contributed by atoms with Crippen molar-refractivity contribution in [1.82, 2.24) is 4.90 Å². The molecule has 0 aromatic rings. The largest absolute Gasteiger partial charge is 0.302 e. The second-order valence-corrected chi connectivity index (χ2v) is 5.66. The monoisotopic (exact) mass is 197 g/mol. The Morgan fingerprint density at radius 2 is 2.07 bits per heavy atom. The smallest absolute Gasteiger partial charge is 0.149 e. The predicted octanol–water partition coefficient (Wildman–Crippen LogP) is 2.33. The van der Waals surface area contributed by atoms with E-state index in [0.29, 0.717) is 23.7 Å². The summed E-state index contributed by atoms with van der Waals surface area (Å²) in [4.78, 5) is 13.8. The number of nitrogens with zero attached hydrogens (tertiary/aromatic N) is 1. The van der Waals surface area contributed by atoms with E-state index in [-0.39, 0.29) is 0 Å². The van der Waals surface area contributed by atoms with Crippen molar-refractivity contribution in [3.05, 3.63) is 0 Å². The van der Waals surface area contributed by atoms with Crippen LogP contribution in [0, 0.1) is 11.3 Å². The zero-order valence-electron chi connectivity index (χ0n) is 9.97. The molecule has 1 atom stereocenters. The Labute approximate surface area is 87.7 Å². The molecule has 0 aromatic heterocycles. The SMILES string of the molecule is CN(C)CC(=O)C1CCCC(C)(C)C1. The van der Waals surface area contributed by atoms with E-state index in [0.717, 1.165) is 12.8 Å². The molecule has 0 aliphatic heterocycles. The number of Topliss-reactive ketones (excluding diaryl/α,β-unsaturated/α-hetero) is 1. The molecule has 0 spiro atoms. The molecular formula is C12H23NO. The Kier molecular flexibility index (Phi) is 3.71. The maximum absolute atomic E-state index is 11.9. The van der Waals surface area contributed by atoms with Gasteiger partial charge in [0.15, 0.2) is 0 Å². The van der Waals surface area contributed by atoms with Crippen LogP contribution >= 0.6 is 0 Å². The van der Waals surface area contributed by atoms with Gasteiger partial charge in [-0.25, -0.2) is 0 Å². The van der Waals surface area contributed by atoms with Gasteiger partial charge in [0.05, 0.1) is 6.54 Å². The molecule has 1 fully saturated rings. The summed E-state index contributed by atoms with van der Waals surface area (Å²) >= 11 is 0. The molecule has 1 aliphatic rings. The van der Waals surface area contributed by atoms with Crippen molar-refractivity contribution in [1.29, 1.82) is 0 Å². The highest BCUT2D eigenvalue weighted by Gasteiger charge is 2.31. The van der Waals surface area contributed by atoms with Crippen molar-refractivity contribution in [2.45, 2.75) is 39.5 Å². The van der Waals surface area contributed by atoms with Gasteiger partial charge in [-0.1, -0.05) is 20.3 Å². The number of carbonyl (C=O) groups is 1. The van der Waals surface area contributed by atoms with Crippen molar-refractivity contribution in [3.8, 4) is 0 Å². The highest BCUT2D eigenvalue weighted by Crippen LogP contribution is 2.38. The van der Waals surface area contributed by atoms with Gasteiger partial charge < -0.3 is 4.90 Å². The van der Waals surface area contributed by atoms with Crippen LogP contribution in [0.25, 0.3) is 0 Å². The van der Waals surface area contributed by atoms with E-state index in [4.69, 9.17) is 0 Å². The minimum Gasteiger partial charge on any atom is -0.302 e. The molecule has 82 valence electrons. The normalized spacial score (nSPS) is 26.5. The van der Waals surface area contributed by atoms with Gasteiger partial charge in [-0.3, -0.25) is 4.79 Å². The number of hydrogen-bond acceptors (Lipinski definition) is 2. The predicted molar refractivity (Wildman–Crippen MR) is 59.3 cm³/mol. The Morgan fingerprint density at radius 1 is 1.43 bits per heavy atom. The Balaban J connectivity index is 2.48. The van der Waals surface area contributed by atoms with Crippen molar-refractivity contribution >= 4 is 5.78 Å². The van der Waals surface area contributed by atoms with Crippen LogP contribution in [0.1, 0.15) is 39.5 Å². The van der Waals surface area contributed by atoms with Gasteiger partial charge in [0.2, 0.25) is 0 Å². The number of carbonyl (C=O) groups excluding carboxylic acids is 1. The average Bonchev–Trinajstić information content (AvgIpc) is 2.01. The van der Waals surface area contributed by atoms with Gasteiger partial charge in [-0.15, -0.1) is 0 Å². The molecule has 1 saturated carbocycles. The molecular weight excluding hydrogens is 174 g/mol. The molecule has 14 heavy (non-hydrogen) atoms. The number of likely N-dealkylation sites (N-methyl/N-ethyl adjacent to an activating group) is 1. The second-order valence-electron chi connectivity index (χ2n) is 5.66. The molecule has 1 aliphatic carbocycles. The molecule has 0 N–H and O–H groups in total. The highest BCUT2D eigenvalue weighted by atomic mass is 16.1. The first-order valence-electron chi connectivity index (χ1n) is 5.58. The summed E-state index contributed by atoms with van der Waals surface area (Å²) < 4.78 is 0. The lowest BCUT2D eigenvalue weighted by Crippen LogP contribution is -2.33. The first kappa shape index (κ1) is 11.7. The Hall–Kier alpha value is -0.370. The summed E-state index contributed by atoms with van der Waals surface area (Å²) in [5.74, 6) is 0.754. The maximum Gasteiger partial charge on any atom is 0.149 e. The van der Waals surface area contributed by atoms with Crippen molar-refractivity contribution in [2.75, 3.05) is 20.6 Å². The van der Waals surface area contributed by atoms with E-state index < -0.39 is 0 Å². The quantitative estimate of drug-likeness (QED) is 0.692. The molecule has 1 unspecified atom stereocenters. The fraction of sp³-hybridized carbons (Fsp3) is 0.917. The number of rotatable bonds is 3. The number of hydrogen-bond donors (Lipinski definition) is 0. The maximum atomic E-state index is 11.9. The molecule has 0 heterocycles. The minimum absolute atomic E-state index is 0.321. The van der Waals surface area contributed by atoms with E-state index in [2.05, 4.69) is 13.8 Å². The number of ketones is 1. The molecule has 0 bridgehead atoms. The van der Waals surface area contributed by atoms with Crippen molar-refractivity contribution in [2.24, 2.45) is 11.3 Å². The third-order valence-corrected chi connectivity index (χ3v) is 3.13. The molecule has 2 nitrogen and oxygen atoms in total. The van der Waals surface area contributed by atoms with Crippen LogP contribution in [-0.2, 0) is 4.79 Å². The Morgan fingerprint density at radius 3 is 2.57 bits per heavy atom. The van der Waals surface area contributed by atoms with Gasteiger partial charge >= 0.3 is 0 Å². The van der Waals surface area contributed by atoms with Crippen molar-refractivity contribution < 1.29 is 4.79 Å². The van der Waals surface area contributed by atoms with E-state index in [9.17, 15) is 4.79 Å². The Bertz CT molecular complexity index is 208. The topological polar surface area (TPSA) is 20.3 Å². The first-order chi connectivity index (χ1) is 6.41. The van der Waals surface area contributed by atoms with Crippen molar-refractivity contribution in [3.63, 3.8) is 0 Å². The third kappa shape index (κ3) is 3.41. The zero-order chi connectivity index (χ0) is 10.8. The summed E-state index contributed by atoms with van der Waals surface area (Å²) in [5.41, 5.74) is 0.380. The standard InChI is InChI=1S/C12H23NO/c1-12(2)7-5-6-10(8-12)11(14)9-13(3)4/h10H,5-9H2,1-4H3. The van der Waals surface area contributed by atoms with Gasteiger partial charge in [0.25, 0.3) is 0 Å². The van der Waals surface area contributed by atoms with E-state index in [1.165, 1.54) is 12.8 Å². The fourth-order valence-corrected chi connectivity index (χ4v) is 2.41. The highest BCUT2D eigenvalue weighted by molar-refractivity contribution is 5.83. The summed E-state index contributed by atoms with van der Waals surface area (Å²) in [5, 5.41) is 0. The summed E-state index contributed by atoms with van der Waals surface area (Å²) in [6, 6.07) is 0. The molecule has 1 rings (SSSR count). The average molecular weight is 197 g/mol. The van der Waals surface area contributed by atoms with Gasteiger partial charge in [0.1, 0.15) is 5.78 Å².